The van der Waals surface area contributed by atoms with E-state index in [1.165, 1.54) is 5.56 Å². The highest BCUT2D eigenvalue weighted by atomic mass is 16.5. The molecule has 2 aromatic carbocycles. The first kappa shape index (κ1) is 13.9. The molecule has 0 saturated heterocycles. The summed E-state index contributed by atoms with van der Waals surface area (Å²) in [6.07, 6.45) is 0. The Morgan fingerprint density at radius 1 is 1.08 bits per heavy atom. The van der Waals surface area contributed by atoms with Crippen LogP contribution in [0, 0.1) is 6.92 Å². The van der Waals surface area contributed by atoms with Gasteiger partial charge in [-0.05, 0) is 59.3 Å². The number of benzene rings is 2. The number of nitrogens with one attached hydrogen (secondary N) is 1. The summed E-state index contributed by atoms with van der Waals surface area (Å²) >= 11 is 0. The van der Waals surface area contributed by atoms with E-state index < -0.39 is 0 Å². The first-order chi connectivity index (χ1) is 12.2. The number of rotatable bonds is 2. The van der Waals surface area contributed by atoms with Gasteiger partial charge in [0.25, 0.3) is 0 Å². The van der Waals surface area contributed by atoms with Gasteiger partial charge >= 0.3 is 0 Å². The predicted octanol–water partition coefficient (Wildman–Crippen LogP) is 3.14. The summed E-state index contributed by atoms with van der Waals surface area (Å²) < 4.78 is 7.06. The Balaban J connectivity index is 1.84. The van der Waals surface area contributed by atoms with E-state index in [0.29, 0.717) is 5.65 Å². The van der Waals surface area contributed by atoms with Crippen molar-refractivity contribution in [2.75, 3.05) is 7.11 Å². The standard InChI is InChI=1S/C18H14N6O/c1-10-3-5-14-15(7-10)20-17(19-14)13-9-11-8-12(25-2)4-6-16(11)24-18(13)21-22-23-24/h3-9H,1-2H3,(H,19,20). The first-order valence-electron chi connectivity index (χ1n) is 7.88. The number of pyridine rings is 1. The highest BCUT2D eigenvalue weighted by molar-refractivity contribution is 5.92. The molecule has 7 heteroatoms. The second-order valence-electron chi connectivity index (χ2n) is 6.00. The van der Waals surface area contributed by atoms with Crippen LogP contribution in [-0.2, 0) is 0 Å². The van der Waals surface area contributed by atoms with Crippen LogP contribution < -0.4 is 4.74 Å². The normalized spacial score (nSPS) is 11.6. The summed E-state index contributed by atoms with van der Waals surface area (Å²) in [6.45, 7) is 2.06. The molecule has 0 bridgehead atoms. The molecular weight excluding hydrogens is 316 g/mol. The van der Waals surface area contributed by atoms with Gasteiger partial charge in [-0.1, -0.05) is 6.07 Å². The summed E-state index contributed by atoms with van der Waals surface area (Å²) in [6, 6.07) is 14.0. The van der Waals surface area contributed by atoms with Crippen LogP contribution in [0.15, 0.2) is 42.5 Å². The molecule has 5 rings (SSSR count). The van der Waals surface area contributed by atoms with Crippen molar-refractivity contribution in [1.82, 2.24) is 30.0 Å². The van der Waals surface area contributed by atoms with Gasteiger partial charge in [0.2, 0.25) is 0 Å². The van der Waals surface area contributed by atoms with Gasteiger partial charge < -0.3 is 9.72 Å². The number of ether oxygens (including phenoxy) is 1. The molecule has 5 aromatic rings. The number of aromatic amines is 1. The molecule has 25 heavy (non-hydrogen) atoms. The number of fused-ring (bicyclic) bond motifs is 4. The zero-order valence-corrected chi connectivity index (χ0v) is 13.7. The summed E-state index contributed by atoms with van der Waals surface area (Å²) in [4.78, 5) is 8.08. The van der Waals surface area contributed by atoms with E-state index in [4.69, 9.17) is 9.72 Å². The van der Waals surface area contributed by atoms with Gasteiger partial charge in [0.15, 0.2) is 5.65 Å². The number of aryl methyl sites for hydroxylation is 1. The zero-order valence-electron chi connectivity index (χ0n) is 13.7. The van der Waals surface area contributed by atoms with E-state index in [1.807, 2.05) is 36.4 Å². The van der Waals surface area contributed by atoms with E-state index in [0.717, 1.165) is 39.1 Å². The third kappa shape index (κ3) is 2.06. The number of imidazole rings is 1. The average Bonchev–Trinajstić information content (AvgIpc) is 3.27. The number of aromatic nitrogens is 6. The van der Waals surface area contributed by atoms with Crippen LogP contribution in [0.25, 0.3) is 39.0 Å². The largest absolute Gasteiger partial charge is 0.497 e. The molecule has 0 atom stereocenters. The van der Waals surface area contributed by atoms with Crippen LogP contribution in [0.4, 0.5) is 0 Å². The van der Waals surface area contributed by atoms with E-state index in [2.05, 4.69) is 33.5 Å². The lowest BCUT2D eigenvalue weighted by molar-refractivity contribution is 0.415. The summed E-state index contributed by atoms with van der Waals surface area (Å²) in [5, 5.41) is 13.1. The van der Waals surface area contributed by atoms with Crippen molar-refractivity contribution in [2.45, 2.75) is 6.92 Å². The number of H-pyrrole nitrogens is 1. The maximum atomic E-state index is 5.34. The lowest BCUT2D eigenvalue weighted by Gasteiger charge is -2.06. The van der Waals surface area contributed by atoms with Crippen molar-refractivity contribution in [3.8, 4) is 17.1 Å². The quantitative estimate of drug-likeness (QED) is 0.538. The summed E-state index contributed by atoms with van der Waals surface area (Å²) in [7, 11) is 1.65. The van der Waals surface area contributed by atoms with Gasteiger partial charge in [0.1, 0.15) is 11.6 Å². The molecule has 0 unspecified atom stereocenters. The lowest BCUT2D eigenvalue weighted by Crippen LogP contribution is -1.95. The van der Waals surface area contributed by atoms with Crippen LogP contribution in [0.5, 0.6) is 5.75 Å². The average molecular weight is 330 g/mol. The minimum Gasteiger partial charge on any atom is -0.497 e. The Bertz CT molecular complexity index is 1250. The number of hydrogen-bond donors (Lipinski definition) is 1. The van der Waals surface area contributed by atoms with Gasteiger partial charge in [0, 0.05) is 5.39 Å². The molecule has 0 saturated carbocycles. The number of hydrogen-bond acceptors (Lipinski definition) is 5. The highest BCUT2D eigenvalue weighted by Gasteiger charge is 2.15. The lowest BCUT2D eigenvalue weighted by atomic mass is 10.1. The third-order valence-electron chi connectivity index (χ3n) is 4.37. The van der Waals surface area contributed by atoms with Crippen LogP contribution in [0.3, 0.4) is 0 Å². The van der Waals surface area contributed by atoms with Crippen LogP contribution in [0.1, 0.15) is 5.56 Å². The monoisotopic (exact) mass is 330 g/mol. The first-order valence-corrected chi connectivity index (χ1v) is 7.88. The van der Waals surface area contributed by atoms with Crippen molar-refractivity contribution < 1.29 is 4.74 Å². The number of nitrogens with zero attached hydrogens (tertiary/aromatic N) is 5. The molecule has 0 aliphatic carbocycles. The van der Waals surface area contributed by atoms with Gasteiger partial charge in [-0.2, -0.15) is 4.52 Å². The van der Waals surface area contributed by atoms with Crippen molar-refractivity contribution in [2.24, 2.45) is 0 Å². The molecule has 7 nitrogen and oxygen atoms in total. The van der Waals surface area contributed by atoms with Crippen LogP contribution in [-0.4, -0.2) is 37.1 Å². The van der Waals surface area contributed by atoms with Crippen molar-refractivity contribution in [1.29, 1.82) is 0 Å². The van der Waals surface area contributed by atoms with E-state index in [1.54, 1.807) is 11.6 Å². The molecule has 0 fully saturated rings. The fourth-order valence-corrected chi connectivity index (χ4v) is 3.13. The molecule has 1 N–H and O–H groups in total. The molecule has 0 amide bonds. The Kier molecular flexibility index (Phi) is 2.79. The molecular formula is C18H14N6O. The third-order valence-corrected chi connectivity index (χ3v) is 4.37. The minimum absolute atomic E-state index is 0.661. The molecule has 122 valence electrons. The Labute approximate surface area is 142 Å². The molecule has 0 aliphatic rings. The van der Waals surface area contributed by atoms with Gasteiger partial charge in [0.05, 0.1) is 29.2 Å². The molecule has 0 radical (unpaired) electrons. The van der Waals surface area contributed by atoms with Crippen LogP contribution >= 0.6 is 0 Å². The Morgan fingerprint density at radius 2 is 2.00 bits per heavy atom. The van der Waals surface area contributed by atoms with Gasteiger partial charge in [-0.25, -0.2) is 4.98 Å². The van der Waals surface area contributed by atoms with Crippen molar-refractivity contribution in [3.05, 3.63) is 48.0 Å². The van der Waals surface area contributed by atoms with Crippen molar-refractivity contribution >= 4 is 27.6 Å². The second-order valence-corrected chi connectivity index (χ2v) is 6.00. The zero-order chi connectivity index (χ0) is 17.0. The fourth-order valence-electron chi connectivity index (χ4n) is 3.13. The maximum absolute atomic E-state index is 5.34. The van der Waals surface area contributed by atoms with Crippen molar-refractivity contribution in [3.63, 3.8) is 0 Å². The van der Waals surface area contributed by atoms with E-state index in [9.17, 15) is 0 Å². The minimum atomic E-state index is 0.661. The van der Waals surface area contributed by atoms with E-state index >= 15 is 0 Å². The topological polar surface area (TPSA) is 81.0 Å². The Hall–Kier alpha value is -3.48. The van der Waals surface area contributed by atoms with Crippen LogP contribution in [0.2, 0.25) is 0 Å². The second kappa shape index (κ2) is 5.01. The fraction of sp³-hybridized carbons (Fsp3) is 0.111. The summed E-state index contributed by atoms with van der Waals surface area (Å²) in [5.41, 5.74) is 5.51. The van der Waals surface area contributed by atoms with Gasteiger partial charge in [-0.15, -0.1) is 5.10 Å². The SMILES string of the molecule is COc1ccc2c(c1)cc(-c1nc3ccc(C)cc3[nH]1)c1nnnn12. The molecule has 0 spiro atoms. The highest BCUT2D eigenvalue weighted by Crippen LogP contribution is 2.29. The maximum Gasteiger partial charge on any atom is 0.190 e. The Morgan fingerprint density at radius 3 is 2.88 bits per heavy atom. The molecule has 3 heterocycles. The number of tetrazole rings is 1. The summed E-state index contributed by atoms with van der Waals surface area (Å²) in [5.74, 6) is 1.52. The predicted molar refractivity (Wildman–Crippen MR) is 94.7 cm³/mol. The van der Waals surface area contributed by atoms with Gasteiger partial charge in [-0.3, -0.25) is 0 Å². The number of methoxy groups -OCH3 is 1. The smallest absolute Gasteiger partial charge is 0.190 e. The molecule has 0 aliphatic heterocycles. The van der Waals surface area contributed by atoms with E-state index in [-0.39, 0.29) is 0 Å². The molecule has 3 aromatic heterocycles.